The zero-order valence-electron chi connectivity index (χ0n) is 8.28. The van der Waals surface area contributed by atoms with Gasteiger partial charge in [0.25, 0.3) is 0 Å². The molecule has 1 aliphatic rings. The predicted octanol–water partition coefficient (Wildman–Crippen LogP) is 0.331. The number of carbonyl (C=O) groups is 1. The number of thiazole rings is 1. The molecule has 0 aromatic carbocycles. The van der Waals surface area contributed by atoms with Gasteiger partial charge in [0.1, 0.15) is 15.5 Å². The summed E-state index contributed by atoms with van der Waals surface area (Å²) in [5, 5.41) is 22.6. The second kappa shape index (κ2) is 3.55. The van der Waals surface area contributed by atoms with Crippen LogP contribution in [0.5, 0.6) is 0 Å². The van der Waals surface area contributed by atoms with E-state index in [1.54, 1.807) is 6.92 Å². The Morgan fingerprint density at radius 1 is 1.67 bits per heavy atom. The number of carboxylic acids is 1. The number of aryl methyl sites for hydroxylation is 1. The summed E-state index contributed by atoms with van der Waals surface area (Å²) < 4.78 is 0. The molecule has 3 N–H and O–H groups in total. The van der Waals surface area contributed by atoms with Gasteiger partial charge in [-0.1, -0.05) is 0 Å². The third-order valence-corrected chi connectivity index (χ3v) is 3.86. The van der Waals surface area contributed by atoms with E-state index >= 15 is 0 Å². The topological polar surface area (TPSA) is 82.5 Å². The third kappa shape index (κ3) is 1.75. The molecule has 5 nitrogen and oxygen atoms in total. The average molecular weight is 228 g/mol. The SMILES string of the molecule is Cc1nc(C2(O)CCNC2)sc1C(=O)O. The first kappa shape index (κ1) is 10.5. The van der Waals surface area contributed by atoms with E-state index < -0.39 is 11.6 Å². The summed E-state index contributed by atoms with van der Waals surface area (Å²) in [6.45, 7) is 2.83. The summed E-state index contributed by atoms with van der Waals surface area (Å²) in [5.41, 5.74) is -0.508. The van der Waals surface area contributed by atoms with Crippen molar-refractivity contribution in [3.8, 4) is 0 Å². The van der Waals surface area contributed by atoms with Crippen LogP contribution in [0, 0.1) is 6.92 Å². The van der Waals surface area contributed by atoms with Crippen LogP contribution in [-0.4, -0.2) is 34.3 Å². The van der Waals surface area contributed by atoms with Crippen molar-refractivity contribution < 1.29 is 15.0 Å². The largest absolute Gasteiger partial charge is 0.477 e. The van der Waals surface area contributed by atoms with Gasteiger partial charge in [0.15, 0.2) is 0 Å². The van der Waals surface area contributed by atoms with Crippen molar-refractivity contribution >= 4 is 17.3 Å². The number of aliphatic hydroxyl groups is 1. The number of carboxylic acid groups (broad SMARTS) is 1. The Hall–Kier alpha value is -0.980. The summed E-state index contributed by atoms with van der Waals surface area (Å²) >= 11 is 1.06. The van der Waals surface area contributed by atoms with Crippen molar-refractivity contribution in [2.75, 3.05) is 13.1 Å². The highest BCUT2D eigenvalue weighted by molar-refractivity contribution is 7.13. The Morgan fingerprint density at radius 2 is 2.40 bits per heavy atom. The van der Waals surface area contributed by atoms with Crippen LogP contribution in [0.3, 0.4) is 0 Å². The molecule has 1 aromatic rings. The lowest BCUT2D eigenvalue weighted by molar-refractivity contribution is 0.0583. The molecule has 82 valence electrons. The Balaban J connectivity index is 2.37. The van der Waals surface area contributed by atoms with Crippen LogP contribution >= 0.6 is 11.3 Å². The van der Waals surface area contributed by atoms with Crippen molar-refractivity contribution in [2.24, 2.45) is 0 Å². The Bertz CT molecular complexity index is 396. The van der Waals surface area contributed by atoms with Crippen LogP contribution in [0.2, 0.25) is 0 Å². The number of nitrogens with zero attached hydrogens (tertiary/aromatic N) is 1. The second-order valence-electron chi connectivity index (χ2n) is 3.70. The van der Waals surface area contributed by atoms with Crippen molar-refractivity contribution in [1.29, 1.82) is 0 Å². The van der Waals surface area contributed by atoms with Gasteiger partial charge in [-0.15, -0.1) is 11.3 Å². The summed E-state index contributed by atoms with van der Waals surface area (Å²) in [4.78, 5) is 15.2. The zero-order valence-corrected chi connectivity index (χ0v) is 9.10. The number of hydrogen-bond donors (Lipinski definition) is 3. The summed E-state index contributed by atoms with van der Waals surface area (Å²) in [7, 11) is 0. The molecular formula is C9H12N2O3S. The summed E-state index contributed by atoms with van der Waals surface area (Å²) in [5.74, 6) is -0.981. The van der Waals surface area contributed by atoms with E-state index in [0.29, 0.717) is 23.7 Å². The van der Waals surface area contributed by atoms with Crippen LogP contribution in [0.25, 0.3) is 0 Å². The molecule has 1 saturated heterocycles. The van der Waals surface area contributed by atoms with Crippen LogP contribution in [0.4, 0.5) is 0 Å². The monoisotopic (exact) mass is 228 g/mol. The minimum Gasteiger partial charge on any atom is -0.477 e. The van der Waals surface area contributed by atoms with Gasteiger partial charge in [-0.3, -0.25) is 0 Å². The minimum atomic E-state index is -0.983. The highest BCUT2D eigenvalue weighted by Crippen LogP contribution is 2.32. The average Bonchev–Trinajstić information content (AvgIpc) is 2.72. The molecular weight excluding hydrogens is 216 g/mol. The zero-order chi connectivity index (χ0) is 11.1. The standard InChI is InChI=1S/C9H12N2O3S/c1-5-6(7(12)13)15-8(11-5)9(14)2-3-10-4-9/h10,14H,2-4H2,1H3,(H,12,13). The molecule has 1 fully saturated rings. The molecule has 6 heteroatoms. The second-order valence-corrected chi connectivity index (χ2v) is 4.70. The van der Waals surface area contributed by atoms with Crippen LogP contribution in [-0.2, 0) is 5.60 Å². The molecule has 0 amide bonds. The Labute approximate surface area is 90.8 Å². The molecule has 0 saturated carbocycles. The van der Waals surface area contributed by atoms with Gasteiger partial charge in [0.05, 0.1) is 5.69 Å². The number of β-amino-alcohol motifs (C(OH)–C–C–N with tert-alkyl or cyclic N) is 1. The molecule has 15 heavy (non-hydrogen) atoms. The minimum absolute atomic E-state index is 0.213. The van der Waals surface area contributed by atoms with E-state index in [1.807, 2.05) is 0 Å². The van der Waals surface area contributed by atoms with Crippen LogP contribution in [0.15, 0.2) is 0 Å². The van der Waals surface area contributed by atoms with E-state index in [0.717, 1.165) is 17.9 Å². The highest BCUT2D eigenvalue weighted by Gasteiger charge is 2.37. The molecule has 0 bridgehead atoms. The van der Waals surface area contributed by atoms with Gasteiger partial charge in [-0.05, 0) is 19.9 Å². The quantitative estimate of drug-likeness (QED) is 0.679. The molecule has 1 atom stereocenters. The van der Waals surface area contributed by atoms with E-state index in [9.17, 15) is 9.90 Å². The lowest BCUT2D eigenvalue weighted by Gasteiger charge is -2.17. The lowest BCUT2D eigenvalue weighted by atomic mass is 10.1. The first-order valence-electron chi connectivity index (χ1n) is 4.67. The smallest absolute Gasteiger partial charge is 0.347 e. The van der Waals surface area contributed by atoms with Gasteiger partial charge in [-0.25, -0.2) is 9.78 Å². The molecule has 0 aliphatic carbocycles. The fourth-order valence-corrected chi connectivity index (χ4v) is 2.68. The highest BCUT2D eigenvalue weighted by atomic mass is 32.1. The number of aromatic carboxylic acids is 1. The molecule has 0 spiro atoms. The van der Waals surface area contributed by atoms with E-state index in [4.69, 9.17) is 5.11 Å². The molecule has 1 aromatic heterocycles. The predicted molar refractivity (Wildman–Crippen MR) is 55.2 cm³/mol. The van der Waals surface area contributed by atoms with Crippen molar-refractivity contribution in [1.82, 2.24) is 10.3 Å². The van der Waals surface area contributed by atoms with E-state index in [1.165, 1.54) is 0 Å². The van der Waals surface area contributed by atoms with Crippen molar-refractivity contribution in [3.63, 3.8) is 0 Å². The van der Waals surface area contributed by atoms with Gasteiger partial charge in [0.2, 0.25) is 0 Å². The molecule has 1 unspecified atom stereocenters. The molecule has 0 radical (unpaired) electrons. The third-order valence-electron chi connectivity index (χ3n) is 2.52. The fraction of sp³-hybridized carbons (Fsp3) is 0.556. The molecule has 1 aliphatic heterocycles. The van der Waals surface area contributed by atoms with Gasteiger partial charge < -0.3 is 15.5 Å². The van der Waals surface area contributed by atoms with Crippen LogP contribution in [0.1, 0.15) is 26.8 Å². The van der Waals surface area contributed by atoms with Crippen LogP contribution < -0.4 is 5.32 Å². The Kier molecular flexibility index (Phi) is 2.49. The number of hydrogen-bond acceptors (Lipinski definition) is 5. The first-order valence-corrected chi connectivity index (χ1v) is 5.49. The number of rotatable bonds is 2. The maximum Gasteiger partial charge on any atom is 0.347 e. The fourth-order valence-electron chi connectivity index (χ4n) is 1.66. The van der Waals surface area contributed by atoms with Gasteiger partial charge in [-0.2, -0.15) is 0 Å². The lowest BCUT2D eigenvalue weighted by Crippen LogP contribution is -2.28. The normalized spacial score (nSPS) is 25.7. The summed E-state index contributed by atoms with van der Waals surface area (Å²) in [6, 6.07) is 0. The number of nitrogens with one attached hydrogen (secondary N) is 1. The Morgan fingerprint density at radius 3 is 2.87 bits per heavy atom. The molecule has 2 rings (SSSR count). The van der Waals surface area contributed by atoms with Gasteiger partial charge >= 0.3 is 5.97 Å². The molecule has 2 heterocycles. The number of aromatic nitrogens is 1. The maximum absolute atomic E-state index is 10.8. The van der Waals surface area contributed by atoms with Crippen molar-refractivity contribution in [2.45, 2.75) is 18.9 Å². The van der Waals surface area contributed by atoms with Crippen molar-refractivity contribution in [3.05, 3.63) is 15.6 Å². The first-order chi connectivity index (χ1) is 7.03. The van der Waals surface area contributed by atoms with E-state index in [-0.39, 0.29) is 4.88 Å². The maximum atomic E-state index is 10.8. The van der Waals surface area contributed by atoms with Gasteiger partial charge in [0, 0.05) is 6.54 Å². The summed E-state index contributed by atoms with van der Waals surface area (Å²) in [6.07, 6.45) is 0.582. The van der Waals surface area contributed by atoms with E-state index in [2.05, 4.69) is 10.3 Å².